The van der Waals surface area contributed by atoms with E-state index in [9.17, 15) is 9.59 Å². The van der Waals surface area contributed by atoms with Crippen molar-refractivity contribution in [2.45, 2.75) is 13.8 Å². The van der Waals surface area contributed by atoms with E-state index in [2.05, 4.69) is 11.3 Å². The quantitative estimate of drug-likeness (QED) is 0.378. The monoisotopic (exact) mass is 198 g/mol. The molecule has 0 aromatic rings. The lowest BCUT2D eigenvalue weighted by Crippen LogP contribution is -2.13. The van der Waals surface area contributed by atoms with Crippen LogP contribution < -0.4 is 0 Å². The highest BCUT2D eigenvalue weighted by Gasteiger charge is 2.04. The minimum absolute atomic E-state index is 0.0492. The number of ether oxygens (including phenoxy) is 2. The van der Waals surface area contributed by atoms with Gasteiger partial charge in [-0.1, -0.05) is 12.7 Å². The van der Waals surface area contributed by atoms with E-state index in [-0.39, 0.29) is 13.2 Å². The van der Waals surface area contributed by atoms with Crippen molar-refractivity contribution in [1.82, 2.24) is 0 Å². The number of hydrogen-bond acceptors (Lipinski definition) is 4. The van der Waals surface area contributed by atoms with E-state index >= 15 is 0 Å². The summed E-state index contributed by atoms with van der Waals surface area (Å²) in [6.45, 7) is 6.73. The van der Waals surface area contributed by atoms with E-state index in [0.29, 0.717) is 5.57 Å². The molecule has 14 heavy (non-hydrogen) atoms. The van der Waals surface area contributed by atoms with Crippen molar-refractivity contribution in [2.24, 2.45) is 0 Å². The molecule has 0 bridgehead atoms. The predicted molar refractivity (Wildman–Crippen MR) is 51.5 cm³/mol. The first-order valence-electron chi connectivity index (χ1n) is 4.21. The van der Waals surface area contributed by atoms with Crippen LogP contribution in [0.4, 0.5) is 0 Å². The molecular formula is C10H14O4. The van der Waals surface area contributed by atoms with Crippen molar-refractivity contribution >= 4 is 11.9 Å². The summed E-state index contributed by atoms with van der Waals surface area (Å²) in [7, 11) is 0. The molecule has 0 aromatic carbocycles. The van der Waals surface area contributed by atoms with Gasteiger partial charge in [0.1, 0.15) is 13.2 Å². The maximum absolute atomic E-state index is 11.0. The summed E-state index contributed by atoms with van der Waals surface area (Å²) in [5, 5.41) is 0. The van der Waals surface area contributed by atoms with Gasteiger partial charge in [-0.25, -0.2) is 9.59 Å². The smallest absolute Gasteiger partial charge is 0.333 e. The Morgan fingerprint density at radius 2 is 1.86 bits per heavy atom. The van der Waals surface area contributed by atoms with Gasteiger partial charge in [-0.15, -0.1) is 0 Å². The molecule has 0 unspecified atom stereocenters. The van der Waals surface area contributed by atoms with Crippen LogP contribution in [-0.4, -0.2) is 25.2 Å². The summed E-state index contributed by atoms with van der Waals surface area (Å²) in [6, 6.07) is 0. The number of carbonyl (C=O) groups excluding carboxylic acids is 2. The van der Waals surface area contributed by atoms with Gasteiger partial charge in [-0.2, -0.15) is 0 Å². The highest BCUT2D eigenvalue weighted by molar-refractivity contribution is 5.87. The molecule has 0 N–H and O–H groups in total. The van der Waals surface area contributed by atoms with Crippen LogP contribution in [-0.2, 0) is 19.1 Å². The standard InChI is InChI=1S/C10H14O4/c1-4-8(3)10(12)14-7-6-13-9(11)5-2/h4-5H,2,6-7H2,1,3H3. The van der Waals surface area contributed by atoms with Crippen molar-refractivity contribution in [3.63, 3.8) is 0 Å². The molecule has 0 heterocycles. The van der Waals surface area contributed by atoms with Gasteiger partial charge in [0.15, 0.2) is 0 Å². The Bertz CT molecular complexity index is 253. The van der Waals surface area contributed by atoms with Crippen LogP contribution in [0, 0.1) is 0 Å². The number of carbonyl (C=O) groups is 2. The van der Waals surface area contributed by atoms with Crippen molar-refractivity contribution in [3.05, 3.63) is 24.3 Å². The second-order valence-corrected chi connectivity index (χ2v) is 2.48. The van der Waals surface area contributed by atoms with Gasteiger partial charge in [0.2, 0.25) is 0 Å². The second-order valence-electron chi connectivity index (χ2n) is 2.48. The molecule has 0 spiro atoms. The normalized spacial score (nSPS) is 10.6. The molecule has 0 saturated carbocycles. The van der Waals surface area contributed by atoms with Crippen molar-refractivity contribution in [1.29, 1.82) is 0 Å². The fourth-order valence-corrected chi connectivity index (χ4v) is 0.567. The molecule has 0 amide bonds. The minimum Gasteiger partial charge on any atom is -0.459 e. The molecule has 0 aromatic heterocycles. The summed E-state index contributed by atoms with van der Waals surface area (Å²) >= 11 is 0. The lowest BCUT2D eigenvalue weighted by Gasteiger charge is -2.04. The SMILES string of the molecule is C=CC(=O)OCCOC(=O)C(C)=CC. The highest BCUT2D eigenvalue weighted by Crippen LogP contribution is 1.95. The van der Waals surface area contributed by atoms with E-state index in [0.717, 1.165) is 6.08 Å². The topological polar surface area (TPSA) is 52.6 Å². The predicted octanol–water partition coefficient (Wildman–Crippen LogP) is 1.22. The van der Waals surface area contributed by atoms with E-state index in [4.69, 9.17) is 4.74 Å². The Kier molecular flexibility index (Phi) is 6.11. The zero-order chi connectivity index (χ0) is 11.0. The Morgan fingerprint density at radius 3 is 2.36 bits per heavy atom. The molecule has 0 fully saturated rings. The number of hydrogen-bond donors (Lipinski definition) is 0. The van der Waals surface area contributed by atoms with Crippen LogP contribution in [0.2, 0.25) is 0 Å². The van der Waals surface area contributed by atoms with Crippen molar-refractivity contribution < 1.29 is 19.1 Å². The lowest BCUT2D eigenvalue weighted by atomic mass is 10.3. The average molecular weight is 198 g/mol. The molecule has 78 valence electrons. The number of rotatable bonds is 5. The molecule has 0 aliphatic carbocycles. The first-order valence-corrected chi connectivity index (χ1v) is 4.21. The minimum atomic E-state index is -0.524. The summed E-state index contributed by atoms with van der Waals surface area (Å²) < 4.78 is 9.37. The molecule has 0 aliphatic rings. The van der Waals surface area contributed by atoms with Gasteiger partial charge in [0.25, 0.3) is 0 Å². The number of allylic oxidation sites excluding steroid dienone is 1. The second kappa shape index (κ2) is 6.88. The summed E-state index contributed by atoms with van der Waals surface area (Å²) in [5.74, 6) is -0.925. The molecule has 0 radical (unpaired) electrons. The molecule has 0 aliphatic heterocycles. The van der Waals surface area contributed by atoms with E-state index < -0.39 is 11.9 Å². The van der Waals surface area contributed by atoms with Crippen LogP contribution in [0.5, 0.6) is 0 Å². The van der Waals surface area contributed by atoms with Crippen molar-refractivity contribution in [2.75, 3.05) is 13.2 Å². The Balaban J connectivity index is 3.60. The first-order chi connectivity index (χ1) is 6.61. The molecule has 0 rings (SSSR count). The molecule has 4 heteroatoms. The van der Waals surface area contributed by atoms with Crippen LogP contribution in [0.1, 0.15) is 13.8 Å². The van der Waals surface area contributed by atoms with Crippen LogP contribution in [0.15, 0.2) is 24.3 Å². The fraction of sp³-hybridized carbons (Fsp3) is 0.400. The Hall–Kier alpha value is -1.58. The third kappa shape index (κ3) is 5.13. The molecular weight excluding hydrogens is 184 g/mol. The average Bonchev–Trinajstić information content (AvgIpc) is 2.22. The molecule has 4 nitrogen and oxygen atoms in total. The van der Waals surface area contributed by atoms with Gasteiger partial charge in [0, 0.05) is 11.6 Å². The zero-order valence-electron chi connectivity index (χ0n) is 8.41. The third-order valence-corrected chi connectivity index (χ3v) is 1.48. The van der Waals surface area contributed by atoms with Crippen LogP contribution >= 0.6 is 0 Å². The van der Waals surface area contributed by atoms with E-state index in [1.54, 1.807) is 19.9 Å². The van der Waals surface area contributed by atoms with Crippen LogP contribution in [0.25, 0.3) is 0 Å². The largest absolute Gasteiger partial charge is 0.459 e. The van der Waals surface area contributed by atoms with Gasteiger partial charge < -0.3 is 9.47 Å². The lowest BCUT2D eigenvalue weighted by molar-refractivity contribution is -0.146. The van der Waals surface area contributed by atoms with Crippen molar-refractivity contribution in [3.8, 4) is 0 Å². The number of esters is 2. The maximum atomic E-state index is 11.0. The van der Waals surface area contributed by atoms with Gasteiger partial charge in [-0.05, 0) is 13.8 Å². The van der Waals surface area contributed by atoms with Gasteiger partial charge in [-0.3, -0.25) is 0 Å². The first kappa shape index (κ1) is 12.4. The Morgan fingerprint density at radius 1 is 1.29 bits per heavy atom. The van der Waals surface area contributed by atoms with Crippen LogP contribution in [0.3, 0.4) is 0 Å². The molecule has 0 atom stereocenters. The zero-order valence-corrected chi connectivity index (χ0v) is 8.41. The summed E-state index contributed by atoms with van der Waals surface area (Å²) in [4.78, 5) is 21.6. The van der Waals surface area contributed by atoms with E-state index in [1.165, 1.54) is 0 Å². The maximum Gasteiger partial charge on any atom is 0.333 e. The summed E-state index contributed by atoms with van der Waals surface area (Å²) in [5.41, 5.74) is 0.528. The van der Waals surface area contributed by atoms with Gasteiger partial charge >= 0.3 is 11.9 Å². The molecule has 0 saturated heterocycles. The fourth-order valence-electron chi connectivity index (χ4n) is 0.567. The highest BCUT2D eigenvalue weighted by atomic mass is 16.6. The van der Waals surface area contributed by atoms with Gasteiger partial charge in [0.05, 0.1) is 0 Å². The summed E-state index contributed by atoms with van der Waals surface area (Å²) in [6.07, 6.45) is 2.71. The Labute approximate surface area is 83.2 Å². The third-order valence-electron chi connectivity index (χ3n) is 1.48. The van der Waals surface area contributed by atoms with E-state index in [1.807, 2.05) is 0 Å².